The summed E-state index contributed by atoms with van der Waals surface area (Å²) in [5.74, 6) is 0.271. The molecular formula is C16H16F3N3O2. The zero-order chi connectivity index (χ0) is 17.3. The molecule has 1 aromatic heterocycles. The second-order valence-electron chi connectivity index (χ2n) is 5.66. The van der Waals surface area contributed by atoms with Crippen LogP contribution in [0.15, 0.2) is 30.3 Å². The maximum atomic E-state index is 12.8. The van der Waals surface area contributed by atoms with Crippen molar-refractivity contribution < 1.29 is 22.7 Å². The maximum Gasteiger partial charge on any atom is 0.435 e. The first-order valence-electron chi connectivity index (χ1n) is 7.45. The molecule has 5 nitrogen and oxygen atoms in total. The summed E-state index contributed by atoms with van der Waals surface area (Å²) < 4.78 is 44.7. The van der Waals surface area contributed by atoms with Gasteiger partial charge in [-0.3, -0.25) is 9.48 Å². The number of carbonyl (C=O) groups excluding carboxylic acids is 1. The summed E-state index contributed by atoms with van der Waals surface area (Å²) in [7, 11) is 1.53. The van der Waals surface area contributed by atoms with E-state index in [-0.39, 0.29) is 12.5 Å². The summed E-state index contributed by atoms with van der Waals surface area (Å²) in [6, 6.07) is 7.71. The topological polar surface area (TPSA) is 56.1 Å². The van der Waals surface area contributed by atoms with Gasteiger partial charge in [-0.1, -0.05) is 0 Å². The van der Waals surface area contributed by atoms with Crippen LogP contribution >= 0.6 is 0 Å². The average Bonchev–Trinajstić information content (AvgIpc) is 3.28. The van der Waals surface area contributed by atoms with E-state index in [2.05, 4.69) is 10.4 Å². The van der Waals surface area contributed by atoms with Gasteiger partial charge in [0.2, 0.25) is 5.91 Å². The van der Waals surface area contributed by atoms with Gasteiger partial charge in [0.05, 0.1) is 7.11 Å². The Kier molecular flexibility index (Phi) is 4.21. The van der Waals surface area contributed by atoms with Crippen molar-refractivity contribution in [2.24, 2.45) is 0 Å². The van der Waals surface area contributed by atoms with Crippen LogP contribution in [0.4, 0.5) is 18.9 Å². The second kappa shape index (κ2) is 6.18. The number of aromatic nitrogens is 2. The summed E-state index contributed by atoms with van der Waals surface area (Å²) in [5.41, 5.74) is 0.0471. The summed E-state index contributed by atoms with van der Waals surface area (Å²) in [6.07, 6.45) is -2.87. The average molecular weight is 339 g/mol. The van der Waals surface area contributed by atoms with Crippen LogP contribution in [0, 0.1) is 0 Å². The predicted octanol–water partition coefficient (Wildman–Crippen LogP) is 3.43. The zero-order valence-electron chi connectivity index (χ0n) is 12.9. The second-order valence-corrected chi connectivity index (χ2v) is 5.66. The van der Waals surface area contributed by atoms with Gasteiger partial charge in [-0.05, 0) is 43.2 Å². The Morgan fingerprint density at radius 3 is 2.54 bits per heavy atom. The third kappa shape index (κ3) is 3.69. The lowest BCUT2D eigenvalue weighted by atomic mass is 10.2. The lowest BCUT2D eigenvalue weighted by Crippen LogP contribution is -2.21. The molecule has 1 aliphatic carbocycles. The van der Waals surface area contributed by atoms with Crippen LogP contribution in [-0.4, -0.2) is 22.8 Å². The van der Waals surface area contributed by atoms with Crippen LogP contribution in [0.2, 0.25) is 0 Å². The number of carbonyl (C=O) groups is 1. The van der Waals surface area contributed by atoms with Crippen molar-refractivity contribution in [2.75, 3.05) is 12.4 Å². The Morgan fingerprint density at radius 1 is 1.33 bits per heavy atom. The molecule has 3 rings (SSSR count). The van der Waals surface area contributed by atoms with E-state index < -0.39 is 17.8 Å². The molecule has 0 spiro atoms. The summed E-state index contributed by atoms with van der Waals surface area (Å²) >= 11 is 0. The fourth-order valence-electron chi connectivity index (χ4n) is 2.42. The Bertz CT molecular complexity index is 734. The minimum absolute atomic E-state index is 0.0578. The number of ether oxygens (including phenoxy) is 1. The van der Waals surface area contributed by atoms with Gasteiger partial charge in [-0.25, -0.2) is 0 Å². The van der Waals surface area contributed by atoms with Crippen LogP contribution < -0.4 is 10.1 Å². The lowest BCUT2D eigenvalue weighted by molar-refractivity contribution is -0.141. The molecule has 1 fully saturated rings. The van der Waals surface area contributed by atoms with Crippen molar-refractivity contribution >= 4 is 11.6 Å². The molecule has 0 unspecified atom stereocenters. The van der Waals surface area contributed by atoms with Crippen molar-refractivity contribution in [3.8, 4) is 5.75 Å². The molecule has 0 radical (unpaired) electrons. The molecule has 1 aromatic carbocycles. The van der Waals surface area contributed by atoms with Gasteiger partial charge in [0.15, 0.2) is 5.69 Å². The molecule has 24 heavy (non-hydrogen) atoms. The van der Waals surface area contributed by atoms with Gasteiger partial charge in [0.1, 0.15) is 12.3 Å². The molecule has 0 atom stereocenters. The monoisotopic (exact) mass is 339 g/mol. The van der Waals surface area contributed by atoms with E-state index >= 15 is 0 Å². The molecule has 0 bridgehead atoms. The predicted molar refractivity (Wildman–Crippen MR) is 80.8 cm³/mol. The number of hydrogen-bond donors (Lipinski definition) is 1. The lowest BCUT2D eigenvalue weighted by Gasteiger charge is -2.09. The van der Waals surface area contributed by atoms with Gasteiger partial charge in [-0.15, -0.1) is 0 Å². The van der Waals surface area contributed by atoms with Crippen LogP contribution in [0.25, 0.3) is 0 Å². The van der Waals surface area contributed by atoms with E-state index in [1.165, 1.54) is 7.11 Å². The zero-order valence-corrected chi connectivity index (χ0v) is 12.9. The number of alkyl halides is 3. The number of benzene rings is 1. The normalized spacial score (nSPS) is 14.5. The van der Waals surface area contributed by atoms with Gasteiger partial charge in [0, 0.05) is 17.3 Å². The number of methoxy groups -OCH3 is 1. The van der Waals surface area contributed by atoms with E-state index in [4.69, 9.17) is 4.74 Å². The quantitative estimate of drug-likeness (QED) is 0.908. The number of amides is 1. The molecule has 0 saturated heterocycles. The molecule has 1 N–H and O–H groups in total. The third-order valence-corrected chi connectivity index (χ3v) is 3.76. The Morgan fingerprint density at radius 2 is 2.00 bits per heavy atom. The van der Waals surface area contributed by atoms with Crippen molar-refractivity contribution in [3.05, 3.63) is 41.7 Å². The molecule has 128 valence electrons. The van der Waals surface area contributed by atoms with E-state index in [1.807, 2.05) is 0 Å². The van der Waals surface area contributed by atoms with Crippen LogP contribution in [0.5, 0.6) is 5.75 Å². The number of rotatable bonds is 5. The highest BCUT2D eigenvalue weighted by atomic mass is 19.4. The number of nitrogens with one attached hydrogen (secondary N) is 1. The number of halogens is 3. The standard InChI is InChI=1S/C16H16F3N3O2/c1-24-12-6-4-11(5-7-12)20-15(23)9-22-13(10-2-3-10)8-14(21-22)16(17,18)19/h4-8,10H,2-3,9H2,1H3,(H,20,23). The summed E-state index contributed by atoms with van der Waals surface area (Å²) in [5, 5.41) is 6.20. The minimum atomic E-state index is -4.51. The molecule has 8 heteroatoms. The van der Waals surface area contributed by atoms with Crippen molar-refractivity contribution in [1.82, 2.24) is 9.78 Å². The summed E-state index contributed by atoms with van der Waals surface area (Å²) in [4.78, 5) is 12.1. The van der Waals surface area contributed by atoms with Gasteiger partial charge < -0.3 is 10.1 Å². The fraction of sp³-hybridized carbons (Fsp3) is 0.375. The molecule has 0 aliphatic heterocycles. The maximum absolute atomic E-state index is 12.8. The highest BCUT2D eigenvalue weighted by Crippen LogP contribution is 2.42. The van der Waals surface area contributed by atoms with Crippen LogP contribution in [-0.2, 0) is 17.5 Å². The van der Waals surface area contributed by atoms with Crippen LogP contribution in [0.3, 0.4) is 0 Å². The molecule has 1 amide bonds. The SMILES string of the molecule is COc1ccc(NC(=O)Cn2nc(C(F)(F)F)cc2C2CC2)cc1. The van der Waals surface area contributed by atoms with Gasteiger partial charge in [0.25, 0.3) is 0 Å². The Hall–Kier alpha value is -2.51. The summed E-state index contributed by atoms with van der Waals surface area (Å²) in [6.45, 7) is -0.256. The molecule has 1 saturated carbocycles. The van der Waals surface area contributed by atoms with Gasteiger partial charge in [-0.2, -0.15) is 18.3 Å². The number of nitrogens with zero attached hydrogens (tertiary/aromatic N) is 2. The Labute approximate surface area is 136 Å². The van der Waals surface area contributed by atoms with E-state index in [9.17, 15) is 18.0 Å². The molecular weight excluding hydrogens is 323 g/mol. The van der Waals surface area contributed by atoms with E-state index in [0.29, 0.717) is 17.1 Å². The first-order valence-corrected chi connectivity index (χ1v) is 7.45. The minimum Gasteiger partial charge on any atom is -0.497 e. The van der Waals surface area contributed by atoms with E-state index in [1.54, 1.807) is 24.3 Å². The highest BCUT2D eigenvalue weighted by molar-refractivity contribution is 5.90. The first-order chi connectivity index (χ1) is 11.4. The van der Waals surface area contributed by atoms with Crippen LogP contribution in [0.1, 0.15) is 30.1 Å². The molecule has 1 heterocycles. The van der Waals surface area contributed by atoms with Gasteiger partial charge >= 0.3 is 6.18 Å². The smallest absolute Gasteiger partial charge is 0.435 e. The number of anilines is 1. The van der Waals surface area contributed by atoms with Crippen molar-refractivity contribution in [1.29, 1.82) is 0 Å². The third-order valence-electron chi connectivity index (χ3n) is 3.76. The first kappa shape index (κ1) is 16.4. The van der Waals surface area contributed by atoms with E-state index in [0.717, 1.165) is 23.6 Å². The Balaban J connectivity index is 1.72. The van der Waals surface area contributed by atoms with Crippen molar-refractivity contribution in [3.63, 3.8) is 0 Å². The largest absolute Gasteiger partial charge is 0.497 e. The fourth-order valence-corrected chi connectivity index (χ4v) is 2.42. The highest BCUT2D eigenvalue weighted by Gasteiger charge is 2.38. The molecule has 2 aromatic rings. The molecule has 1 aliphatic rings. The van der Waals surface area contributed by atoms with Crippen molar-refractivity contribution in [2.45, 2.75) is 31.5 Å². The number of hydrogen-bond acceptors (Lipinski definition) is 3.